The van der Waals surface area contributed by atoms with Gasteiger partial charge in [-0.2, -0.15) is 0 Å². The van der Waals surface area contributed by atoms with Crippen molar-refractivity contribution in [1.29, 1.82) is 0 Å². The summed E-state index contributed by atoms with van der Waals surface area (Å²) in [7, 11) is 0. The maximum Gasteiger partial charge on any atom is 0.340 e. The fourth-order valence-electron chi connectivity index (χ4n) is 4.00. The third kappa shape index (κ3) is 4.41. The van der Waals surface area contributed by atoms with Gasteiger partial charge in [-0.15, -0.1) is 0 Å². The van der Waals surface area contributed by atoms with Crippen LogP contribution in [-0.4, -0.2) is 49.7 Å². The van der Waals surface area contributed by atoms with E-state index in [4.69, 9.17) is 19.9 Å². The molecule has 162 valence electrons. The van der Waals surface area contributed by atoms with Gasteiger partial charge in [-0.05, 0) is 30.2 Å². The minimum atomic E-state index is -0.560. The standard InChI is InChI=1S/C24H26N2O5/c1-2-30-24(28)22-19(15-21(27)26-10-12-29-13-11-26)18-14-17(16-6-4-3-5-7-16)8-9-20(18)31-23(22)25/h3-9,14,19H,2,10-13,15,25H2,1H3. The maximum atomic E-state index is 13.1. The first-order valence-electron chi connectivity index (χ1n) is 10.5. The number of rotatable bonds is 5. The van der Waals surface area contributed by atoms with Crippen LogP contribution in [0.2, 0.25) is 0 Å². The van der Waals surface area contributed by atoms with Gasteiger partial charge < -0.3 is 24.8 Å². The predicted octanol–water partition coefficient (Wildman–Crippen LogP) is 2.81. The van der Waals surface area contributed by atoms with Crippen molar-refractivity contribution in [2.24, 2.45) is 5.73 Å². The molecule has 1 amide bonds. The normalized spacial score (nSPS) is 18.2. The van der Waals surface area contributed by atoms with Gasteiger partial charge in [0, 0.05) is 31.0 Å². The molecule has 2 aromatic carbocycles. The number of ether oxygens (including phenoxy) is 3. The van der Waals surface area contributed by atoms with Crippen LogP contribution in [0.4, 0.5) is 0 Å². The van der Waals surface area contributed by atoms with Gasteiger partial charge in [0.2, 0.25) is 11.8 Å². The summed E-state index contributed by atoms with van der Waals surface area (Å²) in [5, 5.41) is 0. The maximum absolute atomic E-state index is 13.1. The number of morpholine rings is 1. The van der Waals surface area contributed by atoms with Crippen molar-refractivity contribution < 1.29 is 23.8 Å². The molecule has 0 saturated carbocycles. The molecule has 2 N–H and O–H groups in total. The number of benzene rings is 2. The zero-order valence-corrected chi connectivity index (χ0v) is 17.5. The van der Waals surface area contributed by atoms with Crippen molar-refractivity contribution in [2.45, 2.75) is 19.3 Å². The number of hydrogen-bond acceptors (Lipinski definition) is 6. The number of nitrogens with zero attached hydrogens (tertiary/aromatic N) is 1. The third-order valence-corrected chi connectivity index (χ3v) is 5.56. The molecular formula is C24H26N2O5. The Kier molecular flexibility index (Phi) is 6.23. The monoisotopic (exact) mass is 422 g/mol. The van der Waals surface area contributed by atoms with E-state index in [0.717, 1.165) is 16.7 Å². The Morgan fingerprint density at radius 1 is 1.10 bits per heavy atom. The van der Waals surface area contributed by atoms with Crippen molar-refractivity contribution in [2.75, 3.05) is 32.9 Å². The van der Waals surface area contributed by atoms with Gasteiger partial charge in [0.05, 0.1) is 19.8 Å². The molecule has 1 fully saturated rings. The average molecular weight is 422 g/mol. The molecule has 31 heavy (non-hydrogen) atoms. The number of amides is 1. The van der Waals surface area contributed by atoms with E-state index >= 15 is 0 Å². The lowest BCUT2D eigenvalue weighted by atomic mass is 9.84. The van der Waals surface area contributed by atoms with Crippen LogP contribution in [-0.2, 0) is 19.1 Å². The summed E-state index contributed by atoms with van der Waals surface area (Å²) in [6.07, 6.45) is 0.101. The number of fused-ring (bicyclic) bond motifs is 1. The second kappa shape index (κ2) is 9.22. The van der Waals surface area contributed by atoms with Crippen LogP contribution in [0.1, 0.15) is 24.8 Å². The van der Waals surface area contributed by atoms with Crippen molar-refractivity contribution >= 4 is 11.9 Å². The molecule has 1 saturated heterocycles. The van der Waals surface area contributed by atoms with Gasteiger partial charge in [-0.3, -0.25) is 4.79 Å². The van der Waals surface area contributed by atoms with Crippen LogP contribution in [0.3, 0.4) is 0 Å². The molecule has 0 spiro atoms. The Labute approximate surface area is 181 Å². The summed E-state index contributed by atoms with van der Waals surface area (Å²) in [5.41, 5.74) is 9.08. The van der Waals surface area contributed by atoms with E-state index in [-0.39, 0.29) is 30.4 Å². The average Bonchev–Trinajstić information content (AvgIpc) is 2.80. The van der Waals surface area contributed by atoms with Gasteiger partial charge >= 0.3 is 5.97 Å². The molecule has 2 aromatic rings. The molecule has 0 radical (unpaired) electrons. The second-order valence-corrected chi connectivity index (χ2v) is 7.47. The smallest absolute Gasteiger partial charge is 0.340 e. The number of esters is 1. The molecule has 0 aromatic heterocycles. The quantitative estimate of drug-likeness (QED) is 0.745. The van der Waals surface area contributed by atoms with Crippen LogP contribution in [0.5, 0.6) is 5.75 Å². The van der Waals surface area contributed by atoms with E-state index in [0.29, 0.717) is 32.1 Å². The van der Waals surface area contributed by atoms with E-state index < -0.39 is 11.9 Å². The Hall–Kier alpha value is -3.32. The Morgan fingerprint density at radius 3 is 2.55 bits per heavy atom. The van der Waals surface area contributed by atoms with Crippen LogP contribution < -0.4 is 10.5 Å². The first kappa shape index (κ1) is 20.9. The first-order chi connectivity index (χ1) is 15.1. The second-order valence-electron chi connectivity index (χ2n) is 7.47. The summed E-state index contributed by atoms with van der Waals surface area (Å²) in [4.78, 5) is 27.6. The minimum Gasteiger partial charge on any atom is -0.462 e. The number of hydrogen-bond donors (Lipinski definition) is 1. The van der Waals surface area contributed by atoms with E-state index in [9.17, 15) is 9.59 Å². The number of nitrogens with two attached hydrogens (primary N) is 1. The van der Waals surface area contributed by atoms with Crippen molar-refractivity contribution in [3.8, 4) is 16.9 Å². The first-order valence-corrected chi connectivity index (χ1v) is 10.5. The topological polar surface area (TPSA) is 91.1 Å². The van der Waals surface area contributed by atoms with E-state index in [1.54, 1.807) is 11.8 Å². The van der Waals surface area contributed by atoms with Gasteiger partial charge in [-0.25, -0.2) is 4.79 Å². The zero-order valence-electron chi connectivity index (χ0n) is 17.5. The zero-order chi connectivity index (χ0) is 21.8. The van der Waals surface area contributed by atoms with Gasteiger partial charge in [-0.1, -0.05) is 36.4 Å². The highest BCUT2D eigenvalue weighted by molar-refractivity contribution is 5.93. The fourth-order valence-corrected chi connectivity index (χ4v) is 4.00. The van der Waals surface area contributed by atoms with Crippen molar-refractivity contribution in [3.05, 3.63) is 65.6 Å². The fraction of sp³-hybridized carbons (Fsp3) is 0.333. The van der Waals surface area contributed by atoms with Crippen LogP contribution in [0.25, 0.3) is 11.1 Å². The van der Waals surface area contributed by atoms with Crippen LogP contribution in [0, 0.1) is 0 Å². The van der Waals surface area contributed by atoms with Crippen LogP contribution >= 0.6 is 0 Å². The molecule has 2 heterocycles. The lowest BCUT2D eigenvalue weighted by Gasteiger charge is -2.31. The van der Waals surface area contributed by atoms with Gasteiger partial charge in [0.15, 0.2) is 0 Å². The summed E-state index contributed by atoms with van der Waals surface area (Å²) < 4.78 is 16.4. The number of carbonyl (C=O) groups is 2. The number of carbonyl (C=O) groups excluding carboxylic acids is 2. The lowest BCUT2D eigenvalue weighted by molar-refractivity contribution is -0.139. The lowest BCUT2D eigenvalue weighted by Crippen LogP contribution is -2.41. The SMILES string of the molecule is CCOC(=O)C1=C(N)Oc2ccc(-c3ccccc3)cc2C1CC(=O)N1CCOCC1. The Bertz CT molecular complexity index is 996. The predicted molar refractivity (Wildman–Crippen MR) is 115 cm³/mol. The minimum absolute atomic E-state index is 0.0156. The molecule has 1 unspecified atom stereocenters. The molecule has 4 rings (SSSR count). The highest BCUT2D eigenvalue weighted by Crippen LogP contribution is 2.42. The van der Waals surface area contributed by atoms with Crippen molar-refractivity contribution in [3.63, 3.8) is 0 Å². The van der Waals surface area contributed by atoms with E-state index in [2.05, 4.69) is 0 Å². The molecule has 1 atom stereocenters. The summed E-state index contributed by atoms with van der Waals surface area (Å²) in [6.45, 7) is 4.03. The van der Waals surface area contributed by atoms with Crippen LogP contribution in [0.15, 0.2) is 60.0 Å². The summed E-state index contributed by atoms with van der Waals surface area (Å²) in [5.74, 6) is -0.638. The highest BCUT2D eigenvalue weighted by Gasteiger charge is 2.37. The van der Waals surface area contributed by atoms with E-state index in [1.165, 1.54) is 0 Å². The largest absolute Gasteiger partial charge is 0.462 e. The molecule has 2 aliphatic rings. The van der Waals surface area contributed by atoms with Crippen molar-refractivity contribution in [1.82, 2.24) is 4.90 Å². The summed E-state index contributed by atoms with van der Waals surface area (Å²) >= 11 is 0. The molecule has 7 nitrogen and oxygen atoms in total. The highest BCUT2D eigenvalue weighted by atomic mass is 16.5. The Morgan fingerprint density at radius 2 is 1.84 bits per heavy atom. The van der Waals surface area contributed by atoms with Gasteiger partial charge in [0.25, 0.3) is 0 Å². The molecule has 7 heteroatoms. The van der Waals surface area contributed by atoms with Gasteiger partial charge in [0.1, 0.15) is 11.3 Å². The molecule has 0 aliphatic carbocycles. The van der Waals surface area contributed by atoms with E-state index in [1.807, 2.05) is 48.5 Å². The Balaban J connectivity index is 1.73. The molecule has 2 aliphatic heterocycles. The molecule has 0 bridgehead atoms. The summed E-state index contributed by atoms with van der Waals surface area (Å²) in [6, 6.07) is 15.6. The molecular weight excluding hydrogens is 396 g/mol. The third-order valence-electron chi connectivity index (χ3n) is 5.56.